The molecule has 0 atom stereocenters. The van der Waals surface area contributed by atoms with E-state index >= 15 is 0 Å². The van der Waals surface area contributed by atoms with Crippen molar-refractivity contribution in [3.63, 3.8) is 0 Å². The van der Waals surface area contributed by atoms with Crippen LogP contribution in [0.2, 0.25) is 5.02 Å². The summed E-state index contributed by atoms with van der Waals surface area (Å²) in [5.74, 6) is -0.237. The molecule has 1 heterocycles. The fourth-order valence-electron chi connectivity index (χ4n) is 2.22. The first-order valence-electron chi connectivity index (χ1n) is 6.28. The van der Waals surface area contributed by atoms with Crippen molar-refractivity contribution in [2.45, 2.75) is 26.3 Å². The van der Waals surface area contributed by atoms with Crippen LogP contribution in [0.25, 0.3) is 11.4 Å². The number of aryl methyl sites for hydroxylation is 1. The van der Waals surface area contributed by atoms with Gasteiger partial charge in [-0.25, -0.2) is 4.68 Å². The molecule has 0 bridgehead atoms. The summed E-state index contributed by atoms with van der Waals surface area (Å²) in [4.78, 5) is 11.3. The van der Waals surface area contributed by atoms with E-state index in [9.17, 15) is 9.90 Å². The highest BCUT2D eigenvalue weighted by Crippen LogP contribution is 2.47. The predicted molar refractivity (Wildman–Crippen MR) is 72.3 cm³/mol. The van der Waals surface area contributed by atoms with Crippen LogP contribution in [-0.4, -0.2) is 31.3 Å². The Morgan fingerprint density at radius 1 is 1.50 bits per heavy atom. The molecule has 6 nitrogen and oxygen atoms in total. The van der Waals surface area contributed by atoms with E-state index in [1.807, 2.05) is 13.0 Å². The third kappa shape index (κ3) is 2.16. The van der Waals surface area contributed by atoms with Crippen LogP contribution >= 0.6 is 11.6 Å². The number of carboxylic acid groups (broad SMARTS) is 1. The quantitative estimate of drug-likeness (QED) is 0.934. The molecule has 3 rings (SSSR count). The summed E-state index contributed by atoms with van der Waals surface area (Å²) >= 11 is 6.01. The number of rotatable bonds is 4. The third-order valence-electron chi connectivity index (χ3n) is 3.73. The Morgan fingerprint density at radius 3 is 2.90 bits per heavy atom. The van der Waals surface area contributed by atoms with Gasteiger partial charge in [-0.15, -0.1) is 5.10 Å². The zero-order chi connectivity index (χ0) is 14.3. The van der Waals surface area contributed by atoms with Crippen LogP contribution in [0.1, 0.15) is 18.4 Å². The molecule has 0 unspecified atom stereocenters. The van der Waals surface area contributed by atoms with Gasteiger partial charge in [0.2, 0.25) is 0 Å². The summed E-state index contributed by atoms with van der Waals surface area (Å²) < 4.78 is 1.56. The monoisotopic (exact) mass is 292 g/mol. The number of hydrogen-bond donors (Lipinski definition) is 1. The lowest BCUT2D eigenvalue weighted by Gasteiger charge is -2.12. The minimum Gasteiger partial charge on any atom is -0.481 e. The second-order valence-corrected chi connectivity index (χ2v) is 5.64. The van der Waals surface area contributed by atoms with E-state index in [-0.39, 0.29) is 6.54 Å². The molecule has 0 spiro atoms. The lowest BCUT2D eigenvalue weighted by molar-refractivity contribution is -0.144. The first-order chi connectivity index (χ1) is 9.52. The molecule has 7 heteroatoms. The van der Waals surface area contributed by atoms with Gasteiger partial charge in [0.05, 0.1) is 12.0 Å². The first kappa shape index (κ1) is 13.1. The van der Waals surface area contributed by atoms with E-state index in [1.54, 1.807) is 16.8 Å². The molecule has 0 radical (unpaired) electrons. The summed E-state index contributed by atoms with van der Waals surface area (Å²) in [6, 6.07) is 5.48. The maximum atomic E-state index is 11.3. The van der Waals surface area contributed by atoms with Gasteiger partial charge in [-0.1, -0.05) is 17.7 Å². The number of nitrogens with zero attached hydrogens (tertiary/aromatic N) is 4. The van der Waals surface area contributed by atoms with E-state index in [1.165, 1.54) is 0 Å². The first-order valence-corrected chi connectivity index (χ1v) is 6.66. The lowest BCUT2D eigenvalue weighted by Crippen LogP contribution is -2.22. The van der Waals surface area contributed by atoms with Gasteiger partial charge >= 0.3 is 5.97 Å². The predicted octanol–water partition coefficient (Wildman–Crippen LogP) is 2.17. The molecular weight excluding hydrogens is 280 g/mol. The molecule has 2 aromatic rings. The minimum atomic E-state index is -0.790. The largest absolute Gasteiger partial charge is 0.481 e. The SMILES string of the molecule is Cc1ccc(Cl)cc1-c1nnnn1CC1(C(=O)O)CC1. The average molecular weight is 293 g/mol. The van der Waals surface area contributed by atoms with Gasteiger partial charge in [0.1, 0.15) is 0 Å². The Morgan fingerprint density at radius 2 is 2.25 bits per heavy atom. The van der Waals surface area contributed by atoms with Gasteiger partial charge in [0, 0.05) is 10.6 Å². The van der Waals surface area contributed by atoms with Crippen molar-refractivity contribution in [3.8, 4) is 11.4 Å². The number of aliphatic carboxylic acids is 1. The molecule has 1 N–H and O–H groups in total. The van der Waals surface area contributed by atoms with Crippen LogP contribution in [0.3, 0.4) is 0 Å². The van der Waals surface area contributed by atoms with Crippen molar-refractivity contribution in [1.82, 2.24) is 20.2 Å². The van der Waals surface area contributed by atoms with E-state index < -0.39 is 11.4 Å². The average Bonchev–Trinajstić information content (AvgIpc) is 3.05. The van der Waals surface area contributed by atoms with Crippen molar-refractivity contribution in [2.24, 2.45) is 5.41 Å². The smallest absolute Gasteiger partial charge is 0.311 e. The van der Waals surface area contributed by atoms with Crippen molar-refractivity contribution in [1.29, 1.82) is 0 Å². The van der Waals surface area contributed by atoms with Crippen molar-refractivity contribution in [2.75, 3.05) is 0 Å². The molecule has 1 aromatic heterocycles. The summed E-state index contributed by atoms with van der Waals surface area (Å²) in [7, 11) is 0. The number of halogens is 1. The summed E-state index contributed by atoms with van der Waals surface area (Å²) in [5, 5.41) is 21.5. The van der Waals surface area contributed by atoms with Gasteiger partial charge in [-0.3, -0.25) is 4.79 Å². The van der Waals surface area contributed by atoms with Gasteiger partial charge in [0.15, 0.2) is 5.82 Å². The number of tetrazole rings is 1. The molecule has 1 aromatic carbocycles. The third-order valence-corrected chi connectivity index (χ3v) is 3.97. The molecule has 0 saturated heterocycles. The molecule has 1 aliphatic rings. The minimum absolute atomic E-state index is 0.288. The van der Waals surface area contributed by atoms with Crippen LogP contribution in [0, 0.1) is 12.3 Å². The van der Waals surface area contributed by atoms with Crippen LogP contribution < -0.4 is 0 Å². The Kier molecular flexibility index (Phi) is 2.97. The van der Waals surface area contributed by atoms with Gasteiger partial charge < -0.3 is 5.11 Å². The molecule has 104 valence electrons. The summed E-state index contributed by atoms with van der Waals surface area (Å²) in [6.07, 6.45) is 1.33. The Bertz CT molecular complexity index is 679. The number of carboxylic acids is 1. The molecule has 0 amide bonds. The standard InChI is InChI=1S/C13H13ClN4O2/c1-8-2-3-9(14)6-10(8)11-15-16-17-18(11)7-13(4-5-13)12(19)20/h2-3,6H,4-5,7H2,1H3,(H,19,20). The fraction of sp³-hybridized carbons (Fsp3) is 0.385. The Balaban J connectivity index is 1.98. The van der Waals surface area contributed by atoms with Crippen LogP contribution in [0.4, 0.5) is 0 Å². The van der Waals surface area contributed by atoms with Crippen LogP contribution in [0.5, 0.6) is 0 Å². The number of carbonyl (C=O) groups is 1. The molecular formula is C13H13ClN4O2. The zero-order valence-corrected chi connectivity index (χ0v) is 11.6. The molecule has 20 heavy (non-hydrogen) atoms. The number of hydrogen-bond acceptors (Lipinski definition) is 4. The number of benzene rings is 1. The second kappa shape index (κ2) is 4.56. The van der Waals surface area contributed by atoms with Crippen LogP contribution in [0.15, 0.2) is 18.2 Å². The van der Waals surface area contributed by atoms with Crippen molar-refractivity contribution >= 4 is 17.6 Å². The lowest BCUT2D eigenvalue weighted by atomic mass is 10.1. The maximum Gasteiger partial charge on any atom is 0.311 e. The second-order valence-electron chi connectivity index (χ2n) is 5.20. The zero-order valence-electron chi connectivity index (χ0n) is 10.9. The van der Waals surface area contributed by atoms with E-state index in [2.05, 4.69) is 15.5 Å². The topological polar surface area (TPSA) is 80.9 Å². The molecule has 1 saturated carbocycles. The van der Waals surface area contributed by atoms with Crippen LogP contribution in [-0.2, 0) is 11.3 Å². The highest BCUT2D eigenvalue weighted by atomic mass is 35.5. The highest BCUT2D eigenvalue weighted by molar-refractivity contribution is 6.30. The Hall–Kier alpha value is -1.95. The Labute approximate surface area is 120 Å². The van der Waals surface area contributed by atoms with E-state index in [0.717, 1.165) is 11.1 Å². The van der Waals surface area contributed by atoms with E-state index in [0.29, 0.717) is 23.7 Å². The fourth-order valence-corrected chi connectivity index (χ4v) is 2.39. The van der Waals surface area contributed by atoms with Gasteiger partial charge in [-0.2, -0.15) is 0 Å². The van der Waals surface area contributed by atoms with Crippen molar-refractivity contribution < 1.29 is 9.90 Å². The normalized spacial score (nSPS) is 16.1. The van der Waals surface area contributed by atoms with Gasteiger partial charge in [0.25, 0.3) is 0 Å². The summed E-state index contributed by atoms with van der Waals surface area (Å²) in [6.45, 7) is 2.23. The van der Waals surface area contributed by atoms with E-state index in [4.69, 9.17) is 11.6 Å². The molecule has 0 aliphatic heterocycles. The summed E-state index contributed by atoms with van der Waals surface area (Å²) in [5.41, 5.74) is 1.10. The molecule has 1 aliphatic carbocycles. The van der Waals surface area contributed by atoms with Gasteiger partial charge in [-0.05, 0) is 47.9 Å². The maximum absolute atomic E-state index is 11.3. The number of aromatic nitrogens is 4. The van der Waals surface area contributed by atoms with Crippen molar-refractivity contribution in [3.05, 3.63) is 28.8 Å². The molecule has 1 fully saturated rings. The highest BCUT2D eigenvalue weighted by Gasteiger charge is 2.51.